The first-order valence-electron chi connectivity index (χ1n) is 7.24. The molecule has 5 heteroatoms. The first-order chi connectivity index (χ1) is 9.91. The average molecular weight is 306 g/mol. The molecule has 1 aromatic carbocycles. The molecule has 114 valence electrons. The Kier molecular flexibility index (Phi) is 4.93. The highest BCUT2D eigenvalue weighted by Gasteiger charge is 2.36. The van der Waals surface area contributed by atoms with E-state index in [1.807, 2.05) is 18.2 Å². The van der Waals surface area contributed by atoms with Crippen LogP contribution >= 0.6 is 11.8 Å². The molecule has 1 saturated carbocycles. The van der Waals surface area contributed by atoms with Gasteiger partial charge in [0.2, 0.25) is 5.91 Å². The average Bonchev–Trinajstić information content (AvgIpc) is 3.17. The van der Waals surface area contributed by atoms with Crippen LogP contribution in [0.5, 0.6) is 0 Å². The van der Waals surface area contributed by atoms with Crippen molar-refractivity contribution in [3.8, 4) is 0 Å². The monoisotopic (exact) mass is 306 g/mol. The van der Waals surface area contributed by atoms with E-state index in [2.05, 4.69) is 12.2 Å². The van der Waals surface area contributed by atoms with Gasteiger partial charge in [-0.3, -0.25) is 9.59 Å². The Bertz CT molecular complexity index is 541. The molecule has 1 aliphatic rings. The fourth-order valence-corrected chi connectivity index (χ4v) is 2.98. The van der Waals surface area contributed by atoms with E-state index in [1.54, 1.807) is 13.0 Å². The molecule has 0 bridgehead atoms. The second-order valence-electron chi connectivity index (χ2n) is 5.98. The number of benzene rings is 1. The standard InChI is InChI=1S/C16H22N2O2S/c1-11(14(17)19)21-13-6-4-3-5-12(13)15(20)18-10-9-16(2)7-8-16/h3-6,11H,7-10H2,1-2H3,(H2,17,19)(H,18,20). The van der Waals surface area contributed by atoms with Crippen LogP contribution in [-0.4, -0.2) is 23.6 Å². The van der Waals surface area contributed by atoms with Crippen LogP contribution in [0.4, 0.5) is 0 Å². The summed E-state index contributed by atoms with van der Waals surface area (Å²) in [6, 6.07) is 7.32. The predicted octanol–water partition coefficient (Wildman–Crippen LogP) is 2.57. The van der Waals surface area contributed by atoms with Crippen LogP contribution < -0.4 is 11.1 Å². The highest BCUT2D eigenvalue weighted by Crippen LogP contribution is 2.47. The molecule has 1 aromatic rings. The van der Waals surface area contributed by atoms with Crippen LogP contribution in [0, 0.1) is 5.41 Å². The van der Waals surface area contributed by atoms with Gasteiger partial charge < -0.3 is 11.1 Å². The van der Waals surface area contributed by atoms with Crippen molar-refractivity contribution in [1.29, 1.82) is 0 Å². The number of carbonyl (C=O) groups is 2. The molecular weight excluding hydrogens is 284 g/mol. The first kappa shape index (κ1) is 15.9. The third kappa shape index (κ3) is 4.49. The summed E-state index contributed by atoms with van der Waals surface area (Å²) in [4.78, 5) is 24.2. The van der Waals surface area contributed by atoms with Crippen LogP contribution in [0.15, 0.2) is 29.2 Å². The molecule has 0 heterocycles. The molecule has 4 nitrogen and oxygen atoms in total. The Morgan fingerprint density at radius 1 is 1.38 bits per heavy atom. The summed E-state index contributed by atoms with van der Waals surface area (Å²) >= 11 is 1.32. The van der Waals surface area contributed by atoms with Crippen LogP contribution in [0.1, 0.15) is 43.5 Å². The molecular formula is C16H22N2O2S. The molecule has 21 heavy (non-hydrogen) atoms. The zero-order valence-electron chi connectivity index (χ0n) is 12.5. The minimum atomic E-state index is -0.378. The van der Waals surface area contributed by atoms with Gasteiger partial charge in [-0.25, -0.2) is 0 Å². The Morgan fingerprint density at radius 2 is 2.05 bits per heavy atom. The lowest BCUT2D eigenvalue weighted by molar-refractivity contribution is -0.117. The Balaban J connectivity index is 1.97. The maximum absolute atomic E-state index is 12.3. The number of carbonyl (C=O) groups excluding carboxylic acids is 2. The largest absolute Gasteiger partial charge is 0.369 e. The van der Waals surface area contributed by atoms with Gasteiger partial charge >= 0.3 is 0 Å². The van der Waals surface area contributed by atoms with Crippen LogP contribution in [0.25, 0.3) is 0 Å². The topological polar surface area (TPSA) is 72.2 Å². The lowest BCUT2D eigenvalue weighted by Gasteiger charge is -2.13. The molecule has 0 radical (unpaired) electrons. The number of primary amides is 1. The van der Waals surface area contributed by atoms with E-state index in [1.165, 1.54) is 24.6 Å². The van der Waals surface area contributed by atoms with Gasteiger partial charge in [0.1, 0.15) is 0 Å². The summed E-state index contributed by atoms with van der Waals surface area (Å²) in [5.41, 5.74) is 6.33. The lowest BCUT2D eigenvalue weighted by Crippen LogP contribution is -2.27. The van der Waals surface area contributed by atoms with Crippen molar-refractivity contribution in [3.05, 3.63) is 29.8 Å². The predicted molar refractivity (Wildman–Crippen MR) is 85.2 cm³/mol. The minimum Gasteiger partial charge on any atom is -0.369 e. The summed E-state index contributed by atoms with van der Waals surface area (Å²) in [5.74, 6) is -0.462. The first-order valence-corrected chi connectivity index (χ1v) is 8.12. The van der Waals surface area contributed by atoms with E-state index in [-0.39, 0.29) is 17.1 Å². The number of thioether (sulfide) groups is 1. The number of amides is 2. The molecule has 1 aliphatic carbocycles. The quantitative estimate of drug-likeness (QED) is 0.761. The lowest BCUT2D eigenvalue weighted by atomic mass is 10.1. The number of rotatable bonds is 7. The Morgan fingerprint density at radius 3 is 2.67 bits per heavy atom. The van der Waals surface area contributed by atoms with E-state index in [0.717, 1.165) is 11.3 Å². The van der Waals surface area contributed by atoms with E-state index in [9.17, 15) is 9.59 Å². The summed E-state index contributed by atoms with van der Waals surface area (Å²) in [7, 11) is 0. The van der Waals surface area contributed by atoms with E-state index in [0.29, 0.717) is 17.5 Å². The van der Waals surface area contributed by atoms with Crippen LogP contribution in [0.2, 0.25) is 0 Å². The van der Waals surface area contributed by atoms with Gasteiger partial charge in [0.15, 0.2) is 0 Å². The highest BCUT2D eigenvalue weighted by molar-refractivity contribution is 8.00. The summed E-state index contributed by atoms with van der Waals surface area (Å²) < 4.78 is 0. The van der Waals surface area contributed by atoms with Gasteiger partial charge in [-0.1, -0.05) is 19.1 Å². The van der Waals surface area contributed by atoms with E-state index < -0.39 is 0 Å². The Labute approximate surface area is 129 Å². The number of nitrogens with two attached hydrogens (primary N) is 1. The summed E-state index contributed by atoms with van der Waals surface area (Å²) in [5, 5.41) is 2.61. The zero-order valence-corrected chi connectivity index (χ0v) is 13.3. The molecule has 2 amide bonds. The van der Waals surface area contributed by atoms with Crippen LogP contribution in [-0.2, 0) is 4.79 Å². The second-order valence-corrected chi connectivity index (χ2v) is 7.36. The van der Waals surface area contributed by atoms with Gasteiger partial charge in [0, 0.05) is 11.4 Å². The van der Waals surface area contributed by atoms with Crippen molar-refractivity contribution < 1.29 is 9.59 Å². The van der Waals surface area contributed by atoms with Crippen LogP contribution in [0.3, 0.4) is 0 Å². The van der Waals surface area contributed by atoms with Gasteiger partial charge in [-0.2, -0.15) is 0 Å². The smallest absolute Gasteiger partial charge is 0.252 e. The second kappa shape index (κ2) is 6.52. The molecule has 1 unspecified atom stereocenters. The minimum absolute atomic E-state index is 0.0842. The summed E-state index contributed by atoms with van der Waals surface area (Å²) in [6.45, 7) is 4.69. The molecule has 2 rings (SSSR count). The third-order valence-corrected chi connectivity index (χ3v) is 5.15. The molecule has 1 fully saturated rings. The van der Waals surface area contributed by atoms with E-state index in [4.69, 9.17) is 5.73 Å². The van der Waals surface area contributed by atoms with Crippen molar-refractivity contribution in [3.63, 3.8) is 0 Å². The number of nitrogens with one attached hydrogen (secondary N) is 1. The van der Waals surface area contributed by atoms with Crippen molar-refractivity contribution in [2.24, 2.45) is 11.1 Å². The van der Waals surface area contributed by atoms with Gasteiger partial charge in [-0.15, -0.1) is 11.8 Å². The molecule has 0 aliphatic heterocycles. The normalized spacial score (nSPS) is 17.0. The fourth-order valence-electron chi connectivity index (χ4n) is 2.04. The highest BCUT2D eigenvalue weighted by atomic mass is 32.2. The fraction of sp³-hybridized carbons (Fsp3) is 0.500. The maximum Gasteiger partial charge on any atom is 0.252 e. The van der Waals surface area contributed by atoms with Crippen molar-refractivity contribution in [2.75, 3.05) is 6.54 Å². The number of hydrogen-bond donors (Lipinski definition) is 2. The van der Waals surface area contributed by atoms with E-state index >= 15 is 0 Å². The molecule has 0 saturated heterocycles. The van der Waals surface area contributed by atoms with Crippen molar-refractivity contribution in [1.82, 2.24) is 5.32 Å². The SMILES string of the molecule is CC(Sc1ccccc1C(=O)NCCC1(C)CC1)C(N)=O. The van der Waals surface area contributed by atoms with Gasteiger partial charge in [0.05, 0.1) is 10.8 Å². The molecule has 1 atom stereocenters. The maximum atomic E-state index is 12.3. The van der Waals surface area contributed by atoms with Gasteiger partial charge in [-0.05, 0) is 43.7 Å². The number of hydrogen-bond acceptors (Lipinski definition) is 3. The molecule has 0 aromatic heterocycles. The summed E-state index contributed by atoms with van der Waals surface area (Å²) in [6.07, 6.45) is 3.53. The van der Waals surface area contributed by atoms with Crippen molar-refractivity contribution >= 4 is 23.6 Å². The third-order valence-electron chi connectivity index (χ3n) is 3.95. The molecule has 3 N–H and O–H groups in total. The molecule has 0 spiro atoms. The van der Waals surface area contributed by atoms with Gasteiger partial charge in [0.25, 0.3) is 5.91 Å². The van der Waals surface area contributed by atoms with Crippen molar-refractivity contribution in [2.45, 2.75) is 43.3 Å². The zero-order chi connectivity index (χ0) is 15.5. The Hall–Kier alpha value is -1.49.